The summed E-state index contributed by atoms with van der Waals surface area (Å²) in [5.74, 6) is 0. The van der Waals surface area contributed by atoms with Gasteiger partial charge >= 0.3 is 0 Å². The molecule has 0 amide bonds. The smallest absolute Gasteiger partial charge is 0.149 e. The van der Waals surface area contributed by atoms with Crippen molar-refractivity contribution in [3.05, 3.63) is 152 Å². The molecule has 5 heteroatoms. The second kappa shape index (κ2) is 9.05. The summed E-state index contributed by atoms with van der Waals surface area (Å²) in [6, 6.07) is 52.0. The summed E-state index contributed by atoms with van der Waals surface area (Å²) < 4.78 is 7.13. The van der Waals surface area contributed by atoms with E-state index in [1.165, 1.54) is 38.1 Å². The van der Waals surface area contributed by atoms with Gasteiger partial charge < -0.3 is 9.13 Å². The normalized spacial score (nSPS) is 12.3. The van der Waals surface area contributed by atoms with Gasteiger partial charge in [0.2, 0.25) is 0 Å². The Morgan fingerprint density at radius 2 is 1.00 bits per heavy atom. The molecule has 0 aliphatic rings. The lowest BCUT2D eigenvalue weighted by Gasteiger charge is -2.13. The highest BCUT2D eigenvalue weighted by atomic mass is 15.1. The van der Waals surface area contributed by atoms with Crippen LogP contribution in [0.1, 0.15) is 0 Å². The van der Waals surface area contributed by atoms with Gasteiger partial charge in [-0.25, -0.2) is 9.97 Å². The fraction of sp³-hybridized carbons (Fsp3) is 0. The molecule has 0 N–H and O–H groups in total. The minimum Gasteiger partial charge on any atom is -0.309 e. The highest BCUT2D eigenvalue weighted by Crippen LogP contribution is 2.45. The third-order valence-electron chi connectivity index (χ3n) is 9.83. The number of benzene rings is 6. The number of hydrogen-bond donors (Lipinski definition) is 0. The quantitative estimate of drug-likeness (QED) is 0.186. The van der Waals surface area contributed by atoms with Crippen molar-refractivity contribution < 1.29 is 0 Å². The Bertz CT molecular complexity index is 3060. The fourth-order valence-corrected chi connectivity index (χ4v) is 7.98. The second-order valence-electron chi connectivity index (χ2n) is 12.2. The summed E-state index contributed by atoms with van der Waals surface area (Å²) in [6.45, 7) is 0. The zero-order chi connectivity index (χ0) is 30.6. The van der Waals surface area contributed by atoms with E-state index in [-0.39, 0.29) is 0 Å². The topological polar surface area (TPSA) is 40.1 Å². The molecule has 47 heavy (non-hydrogen) atoms. The van der Waals surface area contributed by atoms with Gasteiger partial charge in [0.1, 0.15) is 11.3 Å². The van der Waals surface area contributed by atoms with Gasteiger partial charge in [-0.15, -0.1) is 0 Å². The number of hydrogen-bond acceptors (Lipinski definition) is 2. The van der Waals surface area contributed by atoms with Crippen molar-refractivity contribution in [1.82, 2.24) is 23.5 Å². The van der Waals surface area contributed by atoms with E-state index in [4.69, 9.17) is 9.97 Å². The Balaban J connectivity index is 1.46. The standard InChI is InChI=1S/C42H25N5/c1-3-12-26(13-4-1)45-34-19-9-7-16-32(34)37-36(45)24-23-30-29-22-21-28-31-17-11-25-43-41(31)47-35-20-10-8-18-33(35)44-42(47)38(28)40(29)46(39(30)37)27-14-5-2-6-15-27/h1-25H. The third kappa shape index (κ3) is 3.17. The highest BCUT2D eigenvalue weighted by molar-refractivity contribution is 6.32. The van der Waals surface area contributed by atoms with Crippen LogP contribution in [-0.2, 0) is 0 Å². The van der Waals surface area contributed by atoms with Gasteiger partial charge in [0, 0.05) is 44.5 Å². The molecule has 5 nitrogen and oxygen atoms in total. The van der Waals surface area contributed by atoms with E-state index in [1.54, 1.807) is 0 Å². The largest absolute Gasteiger partial charge is 0.309 e. The first-order valence-electron chi connectivity index (χ1n) is 15.9. The average Bonchev–Trinajstić information content (AvgIpc) is 3.80. The van der Waals surface area contributed by atoms with Crippen LogP contribution < -0.4 is 0 Å². The number of aromatic nitrogens is 5. The van der Waals surface area contributed by atoms with E-state index in [0.29, 0.717) is 0 Å². The van der Waals surface area contributed by atoms with Crippen molar-refractivity contribution in [2.45, 2.75) is 0 Å². The van der Waals surface area contributed by atoms with Crippen LogP contribution in [0.5, 0.6) is 0 Å². The number of para-hydroxylation sites is 5. The Morgan fingerprint density at radius 1 is 0.383 bits per heavy atom. The lowest BCUT2D eigenvalue weighted by atomic mass is 10.0. The summed E-state index contributed by atoms with van der Waals surface area (Å²) >= 11 is 0. The van der Waals surface area contributed by atoms with E-state index in [2.05, 4.69) is 153 Å². The molecule has 0 saturated heterocycles. The molecule has 11 aromatic rings. The fourth-order valence-electron chi connectivity index (χ4n) is 7.98. The molecule has 0 aliphatic carbocycles. The maximum Gasteiger partial charge on any atom is 0.149 e. The van der Waals surface area contributed by atoms with Crippen LogP contribution in [0.15, 0.2) is 152 Å². The van der Waals surface area contributed by atoms with E-state index in [1.807, 2.05) is 12.3 Å². The lowest BCUT2D eigenvalue weighted by molar-refractivity contribution is 1.17. The zero-order valence-corrected chi connectivity index (χ0v) is 25.2. The molecule has 5 heterocycles. The molecule has 0 unspecified atom stereocenters. The number of nitrogens with zero attached hydrogens (tertiary/aromatic N) is 5. The molecule has 0 fully saturated rings. The molecule has 6 aromatic carbocycles. The van der Waals surface area contributed by atoms with Crippen LogP contribution in [0, 0.1) is 0 Å². The Hall–Kier alpha value is -6.46. The highest BCUT2D eigenvalue weighted by Gasteiger charge is 2.24. The predicted octanol–water partition coefficient (Wildman–Crippen LogP) is 10.4. The van der Waals surface area contributed by atoms with Gasteiger partial charge in [-0.05, 0) is 66.0 Å². The van der Waals surface area contributed by atoms with Crippen molar-refractivity contribution in [2.75, 3.05) is 0 Å². The Labute approximate surface area is 268 Å². The summed E-state index contributed by atoms with van der Waals surface area (Å²) in [4.78, 5) is 10.2. The molecule has 218 valence electrons. The van der Waals surface area contributed by atoms with Crippen LogP contribution >= 0.6 is 0 Å². The molecule has 0 aliphatic heterocycles. The Kier molecular flexibility index (Phi) is 4.78. The van der Waals surface area contributed by atoms with Crippen LogP contribution in [0.4, 0.5) is 0 Å². The monoisotopic (exact) mass is 599 g/mol. The van der Waals surface area contributed by atoms with Gasteiger partial charge in [-0.1, -0.05) is 84.9 Å². The third-order valence-corrected chi connectivity index (χ3v) is 9.83. The van der Waals surface area contributed by atoms with Gasteiger partial charge in [-0.2, -0.15) is 0 Å². The zero-order valence-electron chi connectivity index (χ0n) is 25.2. The molecule has 11 rings (SSSR count). The van der Waals surface area contributed by atoms with Gasteiger partial charge in [0.15, 0.2) is 0 Å². The van der Waals surface area contributed by atoms with Crippen molar-refractivity contribution in [2.24, 2.45) is 0 Å². The van der Waals surface area contributed by atoms with Gasteiger partial charge in [0.25, 0.3) is 0 Å². The maximum atomic E-state index is 5.31. The summed E-state index contributed by atoms with van der Waals surface area (Å²) in [7, 11) is 0. The first-order valence-corrected chi connectivity index (χ1v) is 15.9. The first-order chi connectivity index (χ1) is 23.4. The van der Waals surface area contributed by atoms with Gasteiger partial charge in [0.05, 0.1) is 38.5 Å². The lowest BCUT2D eigenvalue weighted by Crippen LogP contribution is -1.98. The van der Waals surface area contributed by atoms with Crippen LogP contribution in [0.2, 0.25) is 0 Å². The van der Waals surface area contributed by atoms with E-state index in [0.717, 1.165) is 55.4 Å². The number of pyridine rings is 2. The first kappa shape index (κ1) is 24.8. The summed E-state index contributed by atoms with van der Waals surface area (Å²) in [5.41, 5.74) is 10.8. The Morgan fingerprint density at radius 3 is 1.81 bits per heavy atom. The van der Waals surface area contributed by atoms with E-state index >= 15 is 0 Å². The molecular formula is C42H25N5. The van der Waals surface area contributed by atoms with Crippen LogP contribution in [-0.4, -0.2) is 23.5 Å². The minimum atomic E-state index is 0.916. The molecular weight excluding hydrogens is 574 g/mol. The molecule has 5 aromatic heterocycles. The maximum absolute atomic E-state index is 5.31. The van der Waals surface area contributed by atoms with Crippen LogP contribution in [0.3, 0.4) is 0 Å². The van der Waals surface area contributed by atoms with Crippen molar-refractivity contribution in [3.63, 3.8) is 0 Å². The average molecular weight is 600 g/mol. The number of fused-ring (bicyclic) bond motifs is 16. The molecule has 0 spiro atoms. The summed E-state index contributed by atoms with van der Waals surface area (Å²) in [5, 5.41) is 8.26. The molecule has 0 bridgehead atoms. The molecule has 0 atom stereocenters. The predicted molar refractivity (Wildman–Crippen MR) is 194 cm³/mol. The van der Waals surface area contributed by atoms with Crippen molar-refractivity contribution in [1.29, 1.82) is 0 Å². The minimum absolute atomic E-state index is 0.916. The number of imidazole rings is 1. The molecule has 0 saturated carbocycles. The van der Waals surface area contributed by atoms with Crippen LogP contribution in [0.25, 0.3) is 93.5 Å². The van der Waals surface area contributed by atoms with Crippen molar-refractivity contribution >= 4 is 82.1 Å². The molecule has 0 radical (unpaired) electrons. The van der Waals surface area contributed by atoms with Gasteiger partial charge in [-0.3, -0.25) is 4.40 Å². The van der Waals surface area contributed by atoms with Crippen molar-refractivity contribution in [3.8, 4) is 11.4 Å². The van der Waals surface area contributed by atoms with E-state index < -0.39 is 0 Å². The second-order valence-corrected chi connectivity index (χ2v) is 12.2. The SMILES string of the molecule is c1ccc(-n2c3ccccc3c3c2ccc2c4ccc5c6cccnc6n6c7ccccc7nc6c5c4n(-c4ccccc4)c23)cc1. The number of rotatable bonds is 2. The van der Waals surface area contributed by atoms with E-state index in [9.17, 15) is 0 Å². The summed E-state index contributed by atoms with van der Waals surface area (Å²) in [6.07, 6.45) is 1.88.